The number of nitrogens with zero attached hydrogens (tertiary/aromatic N) is 1. The summed E-state index contributed by atoms with van der Waals surface area (Å²) in [5, 5.41) is 20.4. The number of non-ortho nitro benzene ring substituents is 1. The molecule has 2 aromatic carbocycles. The van der Waals surface area contributed by atoms with Crippen LogP contribution in [0.1, 0.15) is 0 Å². The summed E-state index contributed by atoms with van der Waals surface area (Å²) in [4.78, 5) is 22.1. The molecular weight excluding hydrogens is 274 g/mol. The van der Waals surface area contributed by atoms with Crippen molar-refractivity contribution >= 4 is 16.7 Å². The molecule has 104 valence electrons. The minimum atomic E-state index is -0.502. The van der Waals surface area contributed by atoms with Gasteiger partial charge in [0.2, 0.25) is 0 Å². The van der Waals surface area contributed by atoms with E-state index in [2.05, 4.69) is 0 Å². The Labute approximate surface area is 118 Å². The van der Waals surface area contributed by atoms with Crippen molar-refractivity contribution in [3.05, 3.63) is 68.9 Å². The number of phenols is 1. The third kappa shape index (κ3) is 2.34. The number of nitro groups is 1. The van der Waals surface area contributed by atoms with E-state index >= 15 is 0 Å². The zero-order valence-electron chi connectivity index (χ0n) is 10.6. The number of benzene rings is 2. The number of fused-ring (bicyclic) bond motifs is 1. The summed E-state index contributed by atoms with van der Waals surface area (Å²) in [6, 6.07) is 11.2. The zero-order valence-corrected chi connectivity index (χ0v) is 10.6. The summed E-state index contributed by atoms with van der Waals surface area (Å²) in [6.07, 6.45) is 0. The molecule has 0 atom stereocenters. The van der Waals surface area contributed by atoms with Crippen LogP contribution >= 0.6 is 0 Å². The van der Waals surface area contributed by atoms with Crippen LogP contribution in [0.25, 0.3) is 22.3 Å². The van der Waals surface area contributed by atoms with Gasteiger partial charge in [0.1, 0.15) is 17.1 Å². The molecule has 0 bridgehead atoms. The first-order valence-corrected chi connectivity index (χ1v) is 6.06. The van der Waals surface area contributed by atoms with E-state index < -0.39 is 4.92 Å². The first-order valence-electron chi connectivity index (χ1n) is 6.06. The van der Waals surface area contributed by atoms with Crippen molar-refractivity contribution in [2.75, 3.05) is 0 Å². The van der Waals surface area contributed by atoms with Gasteiger partial charge in [-0.3, -0.25) is 14.9 Å². The van der Waals surface area contributed by atoms with Crippen molar-refractivity contribution in [1.29, 1.82) is 0 Å². The monoisotopic (exact) mass is 283 g/mol. The molecule has 0 aliphatic rings. The number of nitro benzene ring substituents is 1. The van der Waals surface area contributed by atoms with Crippen molar-refractivity contribution < 1.29 is 14.4 Å². The van der Waals surface area contributed by atoms with E-state index in [9.17, 15) is 20.0 Å². The molecule has 0 saturated heterocycles. The van der Waals surface area contributed by atoms with Crippen LogP contribution in [0.5, 0.6) is 5.75 Å². The lowest BCUT2D eigenvalue weighted by molar-refractivity contribution is -0.384. The molecule has 0 aliphatic heterocycles. The van der Waals surface area contributed by atoms with Gasteiger partial charge in [-0.25, -0.2) is 0 Å². The Kier molecular flexibility index (Phi) is 2.91. The summed E-state index contributed by atoms with van der Waals surface area (Å²) in [6.45, 7) is 0. The molecule has 0 spiro atoms. The van der Waals surface area contributed by atoms with Gasteiger partial charge >= 0.3 is 0 Å². The third-order valence-electron chi connectivity index (χ3n) is 3.08. The molecule has 3 aromatic rings. The van der Waals surface area contributed by atoms with Crippen LogP contribution in [0.3, 0.4) is 0 Å². The molecule has 0 fully saturated rings. The van der Waals surface area contributed by atoms with Crippen molar-refractivity contribution in [2.24, 2.45) is 0 Å². The minimum Gasteiger partial charge on any atom is -0.508 e. The maximum atomic E-state index is 12.0. The molecule has 0 amide bonds. The highest BCUT2D eigenvalue weighted by Gasteiger charge is 2.10. The number of phenolic OH excluding ortho intramolecular Hbond substituents is 1. The van der Waals surface area contributed by atoms with Crippen molar-refractivity contribution in [1.82, 2.24) is 0 Å². The van der Waals surface area contributed by atoms with Gasteiger partial charge in [0.25, 0.3) is 5.69 Å². The Bertz CT molecular complexity index is 896. The fourth-order valence-electron chi connectivity index (χ4n) is 2.03. The van der Waals surface area contributed by atoms with Crippen LogP contribution in [0, 0.1) is 10.1 Å². The van der Waals surface area contributed by atoms with Gasteiger partial charge in [-0.1, -0.05) is 0 Å². The van der Waals surface area contributed by atoms with Gasteiger partial charge in [-0.05, 0) is 24.3 Å². The van der Waals surface area contributed by atoms with Gasteiger partial charge in [0, 0.05) is 29.8 Å². The van der Waals surface area contributed by atoms with Gasteiger partial charge in [-0.15, -0.1) is 0 Å². The van der Waals surface area contributed by atoms with Crippen LogP contribution in [0.15, 0.2) is 57.7 Å². The summed E-state index contributed by atoms with van der Waals surface area (Å²) >= 11 is 0. The van der Waals surface area contributed by atoms with E-state index in [-0.39, 0.29) is 28.2 Å². The minimum absolute atomic E-state index is 0.00787. The average Bonchev–Trinajstić information content (AvgIpc) is 2.46. The van der Waals surface area contributed by atoms with Crippen molar-refractivity contribution in [3.63, 3.8) is 0 Å². The van der Waals surface area contributed by atoms with E-state index in [4.69, 9.17) is 4.42 Å². The topological polar surface area (TPSA) is 93.6 Å². The summed E-state index contributed by atoms with van der Waals surface area (Å²) in [5.74, 6) is 0.277. The Morgan fingerprint density at radius 2 is 1.76 bits per heavy atom. The van der Waals surface area contributed by atoms with E-state index in [1.165, 1.54) is 48.5 Å². The maximum absolute atomic E-state index is 12.0. The Hall–Kier alpha value is -3.15. The molecule has 0 radical (unpaired) electrons. The predicted molar refractivity (Wildman–Crippen MR) is 76.2 cm³/mol. The molecule has 1 aromatic heterocycles. The number of hydrogen-bond donors (Lipinski definition) is 1. The smallest absolute Gasteiger partial charge is 0.269 e. The first-order chi connectivity index (χ1) is 10.0. The SMILES string of the molecule is O=c1cc(-c2ccc([N+](=O)[O-])cc2)oc2cc(O)ccc12. The van der Waals surface area contributed by atoms with Gasteiger partial charge in [0.15, 0.2) is 5.43 Å². The Balaban J connectivity index is 2.16. The molecule has 0 saturated carbocycles. The molecule has 1 heterocycles. The second-order valence-electron chi connectivity index (χ2n) is 4.46. The molecule has 3 rings (SSSR count). The van der Waals surface area contributed by atoms with Gasteiger partial charge in [-0.2, -0.15) is 0 Å². The highest BCUT2D eigenvalue weighted by Crippen LogP contribution is 2.25. The lowest BCUT2D eigenvalue weighted by atomic mass is 10.1. The van der Waals surface area contributed by atoms with Gasteiger partial charge < -0.3 is 9.52 Å². The fraction of sp³-hybridized carbons (Fsp3) is 0. The molecular formula is C15H9NO5. The van der Waals surface area contributed by atoms with E-state index in [0.29, 0.717) is 10.9 Å². The number of aromatic hydroxyl groups is 1. The highest BCUT2D eigenvalue weighted by atomic mass is 16.6. The largest absolute Gasteiger partial charge is 0.508 e. The fourth-order valence-corrected chi connectivity index (χ4v) is 2.03. The van der Waals surface area contributed by atoms with Crippen LogP contribution in [0.4, 0.5) is 5.69 Å². The first kappa shape index (κ1) is 12.9. The van der Waals surface area contributed by atoms with E-state index in [1.54, 1.807) is 0 Å². The Morgan fingerprint density at radius 1 is 1.05 bits per heavy atom. The molecule has 1 N–H and O–H groups in total. The maximum Gasteiger partial charge on any atom is 0.269 e. The molecule has 0 unspecified atom stereocenters. The summed E-state index contributed by atoms with van der Waals surface area (Å²) < 4.78 is 5.58. The van der Waals surface area contributed by atoms with Crippen molar-refractivity contribution in [3.8, 4) is 17.1 Å². The molecule has 0 aliphatic carbocycles. The predicted octanol–water partition coefficient (Wildman–Crippen LogP) is 3.07. The van der Waals surface area contributed by atoms with Crippen LogP contribution < -0.4 is 5.43 Å². The Morgan fingerprint density at radius 3 is 2.43 bits per heavy atom. The molecule has 21 heavy (non-hydrogen) atoms. The lowest BCUT2D eigenvalue weighted by Crippen LogP contribution is -2.00. The zero-order chi connectivity index (χ0) is 15.0. The highest BCUT2D eigenvalue weighted by molar-refractivity contribution is 5.80. The normalized spacial score (nSPS) is 10.7. The van der Waals surface area contributed by atoms with Crippen molar-refractivity contribution in [2.45, 2.75) is 0 Å². The second kappa shape index (κ2) is 4.75. The number of hydrogen-bond acceptors (Lipinski definition) is 5. The lowest BCUT2D eigenvalue weighted by Gasteiger charge is -2.03. The summed E-state index contributed by atoms with van der Waals surface area (Å²) in [5.41, 5.74) is 0.517. The second-order valence-corrected chi connectivity index (χ2v) is 4.46. The number of rotatable bonds is 2. The van der Waals surface area contributed by atoms with E-state index in [0.717, 1.165) is 0 Å². The van der Waals surface area contributed by atoms with E-state index in [1.807, 2.05) is 0 Å². The standard InChI is InChI=1S/C15H9NO5/c17-11-5-6-12-13(18)8-14(21-15(12)7-11)9-1-3-10(4-2-9)16(19)20/h1-8,17H. The van der Waals surface area contributed by atoms with Gasteiger partial charge in [0.05, 0.1) is 10.3 Å². The quantitative estimate of drug-likeness (QED) is 0.576. The van der Waals surface area contributed by atoms with Crippen LogP contribution in [-0.2, 0) is 0 Å². The third-order valence-corrected chi connectivity index (χ3v) is 3.08. The van der Waals surface area contributed by atoms with Crippen LogP contribution in [0.2, 0.25) is 0 Å². The summed E-state index contributed by atoms with van der Waals surface area (Å²) in [7, 11) is 0. The molecule has 6 heteroatoms. The van der Waals surface area contributed by atoms with Crippen LogP contribution in [-0.4, -0.2) is 10.0 Å². The molecule has 6 nitrogen and oxygen atoms in total. The average molecular weight is 283 g/mol.